The van der Waals surface area contributed by atoms with Gasteiger partial charge in [0.1, 0.15) is 0 Å². The van der Waals surface area contributed by atoms with Gasteiger partial charge >= 0.3 is 8.97 Å². The molecule has 0 saturated carbocycles. The summed E-state index contributed by atoms with van der Waals surface area (Å²) < 4.78 is 16.6. The van der Waals surface area contributed by atoms with Gasteiger partial charge in [0.2, 0.25) is 0 Å². The van der Waals surface area contributed by atoms with Crippen LogP contribution in [0.2, 0.25) is 0 Å². The summed E-state index contributed by atoms with van der Waals surface area (Å²) in [4.78, 5) is 4.42. The predicted molar refractivity (Wildman–Crippen MR) is 57.9 cm³/mol. The minimum absolute atomic E-state index is 0.583. The Hall–Kier alpha value is 0.0569. The molecule has 4 nitrogen and oxygen atoms in total. The predicted octanol–water partition coefficient (Wildman–Crippen LogP) is 1.55. The minimum atomic E-state index is -2.69. The molecular formula is C9H22NO3Si. The Morgan fingerprint density at radius 3 is 1.57 bits per heavy atom. The van der Waals surface area contributed by atoms with E-state index in [2.05, 4.69) is 11.9 Å². The summed E-state index contributed by atoms with van der Waals surface area (Å²) in [6.07, 6.45) is 0.988. The molecule has 0 N–H and O–H groups in total. The lowest BCUT2D eigenvalue weighted by atomic mass is 10.5. The van der Waals surface area contributed by atoms with Gasteiger partial charge in [-0.3, -0.25) is 0 Å². The van der Waals surface area contributed by atoms with Crippen LogP contribution in [0.25, 0.3) is 0 Å². The maximum atomic E-state index is 5.54. The van der Waals surface area contributed by atoms with Gasteiger partial charge < -0.3 is 13.3 Å². The van der Waals surface area contributed by atoms with E-state index in [1.165, 1.54) is 0 Å². The largest absolute Gasteiger partial charge is 0.613 e. The van der Waals surface area contributed by atoms with E-state index in [0.29, 0.717) is 19.8 Å². The third-order valence-electron chi connectivity index (χ3n) is 1.51. The molecule has 85 valence electrons. The zero-order valence-electron chi connectivity index (χ0n) is 9.71. The summed E-state index contributed by atoms with van der Waals surface area (Å²) in [5, 5.41) is 0. The molecule has 0 amide bonds. The summed E-state index contributed by atoms with van der Waals surface area (Å²) >= 11 is 0. The first-order chi connectivity index (χ1) is 6.74. The van der Waals surface area contributed by atoms with E-state index < -0.39 is 8.97 Å². The van der Waals surface area contributed by atoms with Gasteiger partial charge in [-0.05, 0) is 27.2 Å². The van der Waals surface area contributed by atoms with Crippen LogP contribution in [0.3, 0.4) is 0 Å². The maximum Gasteiger partial charge on any atom is 0.613 e. The van der Waals surface area contributed by atoms with Gasteiger partial charge in [0.25, 0.3) is 0 Å². The van der Waals surface area contributed by atoms with Crippen molar-refractivity contribution in [3.63, 3.8) is 0 Å². The Bertz CT molecular complexity index is 118. The van der Waals surface area contributed by atoms with Crippen LogP contribution in [0, 0.1) is 0 Å². The Balaban J connectivity index is 4.21. The average Bonchev–Trinajstić information content (AvgIpc) is 2.16. The van der Waals surface area contributed by atoms with Crippen molar-refractivity contribution in [1.82, 2.24) is 4.98 Å². The normalized spacial score (nSPS) is 12.0. The summed E-state index contributed by atoms with van der Waals surface area (Å²) in [6, 6.07) is 0. The zero-order valence-corrected chi connectivity index (χ0v) is 10.7. The van der Waals surface area contributed by atoms with Crippen LogP contribution in [0.4, 0.5) is 0 Å². The smallest absolute Gasteiger partial charge is 0.361 e. The second-order valence-electron chi connectivity index (χ2n) is 2.70. The van der Waals surface area contributed by atoms with Crippen molar-refractivity contribution in [3.8, 4) is 0 Å². The van der Waals surface area contributed by atoms with Crippen molar-refractivity contribution in [2.45, 2.75) is 34.1 Å². The monoisotopic (exact) mass is 220 g/mol. The molecule has 0 aromatic heterocycles. The number of hydrogen-bond donors (Lipinski definition) is 0. The molecule has 0 saturated heterocycles. The maximum absolute atomic E-state index is 5.54. The third kappa shape index (κ3) is 5.07. The molecular weight excluding hydrogens is 198 g/mol. The molecule has 0 aliphatic heterocycles. The molecule has 14 heavy (non-hydrogen) atoms. The summed E-state index contributed by atoms with van der Waals surface area (Å²) in [7, 11) is -2.69. The van der Waals surface area contributed by atoms with Crippen molar-refractivity contribution in [2.24, 2.45) is 0 Å². The molecule has 0 aromatic carbocycles. The molecule has 0 bridgehead atoms. The Labute approximate surface area is 88.4 Å². The second-order valence-corrected chi connectivity index (χ2v) is 4.93. The van der Waals surface area contributed by atoms with Gasteiger partial charge in [-0.15, -0.1) is 0 Å². The van der Waals surface area contributed by atoms with Gasteiger partial charge in [-0.2, -0.15) is 4.98 Å². The lowest BCUT2D eigenvalue weighted by Gasteiger charge is -2.26. The van der Waals surface area contributed by atoms with Crippen LogP contribution >= 0.6 is 0 Å². The van der Waals surface area contributed by atoms with Crippen molar-refractivity contribution in [1.29, 1.82) is 0 Å². The van der Waals surface area contributed by atoms with E-state index in [1.807, 2.05) is 20.8 Å². The van der Waals surface area contributed by atoms with E-state index in [9.17, 15) is 0 Å². The summed E-state index contributed by atoms with van der Waals surface area (Å²) in [5.74, 6) is 0. The highest BCUT2D eigenvalue weighted by Gasteiger charge is 2.42. The molecule has 0 heterocycles. The van der Waals surface area contributed by atoms with Crippen molar-refractivity contribution in [3.05, 3.63) is 0 Å². The van der Waals surface area contributed by atoms with E-state index in [4.69, 9.17) is 13.3 Å². The average molecular weight is 220 g/mol. The van der Waals surface area contributed by atoms with Crippen LogP contribution in [0.1, 0.15) is 34.1 Å². The molecule has 0 aliphatic carbocycles. The van der Waals surface area contributed by atoms with E-state index >= 15 is 0 Å². The van der Waals surface area contributed by atoms with Gasteiger partial charge in [-0.25, -0.2) is 0 Å². The van der Waals surface area contributed by atoms with Crippen LogP contribution < -0.4 is 4.98 Å². The topological polar surface area (TPSA) is 41.8 Å². The SMILES string of the molecule is CCC[N][Si](OCC)(OCC)OCC. The second kappa shape index (κ2) is 8.37. The number of hydrogen-bond acceptors (Lipinski definition) is 3. The molecule has 0 aromatic rings. The van der Waals surface area contributed by atoms with Crippen molar-refractivity contribution in [2.75, 3.05) is 26.4 Å². The van der Waals surface area contributed by atoms with Crippen LogP contribution in [-0.4, -0.2) is 35.3 Å². The van der Waals surface area contributed by atoms with Crippen LogP contribution in [0.15, 0.2) is 0 Å². The highest BCUT2D eigenvalue weighted by Crippen LogP contribution is 2.07. The van der Waals surface area contributed by atoms with E-state index in [-0.39, 0.29) is 0 Å². The molecule has 0 atom stereocenters. The third-order valence-corrected chi connectivity index (χ3v) is 4.08. The Morgan fingerprint density at radius 2 is 1.29 bits per heavy atom. The molecule has 0 unspecified atom stereocenters. The van der Waals surface area contributed by atoms with Gasteiger partial charge in [-0.1, -0.05) is 6.92 Å². The molecule has 1 radical (unpaired) electrons. The molecule has 0 spiro atoms. The standard InChI is InChI=1S/C9H22NO3Si/c1-5-9-10-14(11-6-2,12-7-3)13-8-4/h5-9H2,1-4H3. The quantitative estimate of drug-likeness (QED) is 0.554. The van der Waals surface area contributed by atoms with Crippen LogP contribution in [-0.2, 0) is 13.3 Å². The fourth-order valence-electron chi connectivity index (χ4n) is 1.06. The zero-order chi connectivity index (χ0) is 10.9. The highest BCUT2D eigenvalue weighted by molar-refractivity contribution is 6.57. The first-order valence-corrected chi connectivity index (χ1v) is 7.02. The Kier molecular flexibility index (Phi) is 8.41. The first-order valence-electron chi connectivity index (χ1n) is 5.35. The first kappa shape index (κ1) is 14.1. The lowest BCUT2D eigenvalue weighted by molar-refractivity contribution is 0.0588. The van der Waals surface area contributed by atoms with Gasteiger partial charge in [0.15, 0.2) is 0 Å². The van der Waals surface area contributed by atoms with Crippen molar-refractivity contribution < 1.29 is 13.3 Å². The molecule has 0 aliphatic rings. The highest BCUT2D eigenvalue weighted by atomic mass is 28.4. The number of nitrogens with zero attached hydrogens (tertiary/aromatic N) is 1. The Morgan fingerprint density at radius 1 is 0.857 bits per heavy atom. The van der Waals surface area contributed by atoms with Gasteiger partial charge in [0.05, 0.1) is 0 Å². The van der Waals surface area contributed by atoms with E-state index in [0.717, 1.165) is 13.0 Å². The molecule has 5 heteroatoms. The molecule has 0 rings (SSSR count). The van der Waals surface area contributed by atoms with E-state index in [1.54, 1.807) is 0 Å². The van der Waals surface area contributed by atoms with Crippen molar-refractivity contribution >= 4 is 8.97 Å². The lowest BCUT2D eigenvalue weighted by Crippen LogP contribution is -2.55. The molecule has 0 fully saturated rings. The minimum Gasteiger partial charge on any atom is -0.361 e. The summed E-state index contributed by atoms with van der Waals surface area (Å²) in [6.45, 7) is 10.4. The fourth-order valence-corrected chi connectivity index (χ4v) is 3.17. The van der Waals surface area contributed by atoms with Gasteiger partial charge in [0, 0.05) is 26.4 Å². The number of rotatable bonds is 9. The fraction of sp³-hybridized carbons (Fsp3) is 1.00. The summed E-state index contributed by atoms with van der Waals surface area (Å²) in [5.41, 5.74) is 0. The van der Waals surface area contributed by atoms with Crippen LogP contribution in [0.5, 0.6) is 0 Å².